The van der Waals surface area contributed by atoms with E-state index < -0.39 is 0 Å². The van der Waals surface area contributed by atoms with Crippen LogP contribution in [0, 0.1) is 19.8 Å². The molecule has 1 aromatic rings. The minimum Gasteiger partial charge on any atom is -0.462 e. The highest BCUT2D eigenvalue weighted by Gasteiger charge is 2.24. The summed E-state index contributed by atoms with van der Waals surface area (Å²) in [6.07, 6.45) is 7.28. The lowest BCUT2D eigenvalue weighted by Gasteiger charge is -2.32. The number of ether oxygens (including phenoxy) is 1. The van der Waals surface area contributed by atoms with Crippen LogP contribution in [0.4, 0.5) is 5.82 Å². The van der Waals surface area contributed by atoms with E-state index in [2.05, 4.69) is 22.5 Å². The van der Waals surface area contributed by atoms with Crippen LogP contribution >= 0.6 is 0 Å². The number of aryl methyl sites for hydroxylation is 2. The fourth-order valence-electron chi connectivity index (χ4n) is 3.93. The Balaban J connectivity index is 2.08. The van der Waals surface area contributed by atoms with Gasteiger partial charge in [-0.15, -0.1) is 0 Å². The first-order valence-electron chi connectivity index (χ1n) is 10.8. The Kier molecular flexibility index (Phi) is 9.19. The van der Waals surface area contributed by atoms with Crippen molar-refractivity contribution >= 4 is 11.8 Å². The standard InChI is InChI=1S/C22H37N3O3/c1-5-20(25-18-10-8-7-9-11-18)17(14-26)13-23-21-19(22(27)28-6-2)12-15(3)16(4)24-21/h12,17-18,20,25-26H,5-11,13-14H2,1-4H3,(H,23,24). The number of aliphatic hydroxyl groups excluding tert-OH is 1. The Bertz CT molecular complexity index is 630. The van der Waals surface area contributed by atoms with Crippen LogP contribution in [-0.2, 0) is 4.74 Å². The van der Waals surface area contributed by atoms with Crippen molar-refractivity contribution in [1.29, 1.82) is 0 Å². The molecule has 3 N–H and O–H groups in total. The lowest BCUT2D eigenvalue weighted by atomic mass is 9.91. The first-order chi connectivity index (χ1) is 13.5. The van der Waals surface area contributed by atoms with E-state index in [1.54, 1.807) is 6.92 Å². The zero-order valence-corrected chi connectivity index (χ0v) is 17.9. The van der Waals surface area contributed by atoms with Gasteiger partial charge in [0.1, 0.15) is 11.4 Å². The van der Waals surface area contributed by atoms with Gasteiger partial charge >= 0.3 is 5.97 Å². The van der Waals surface area contributed by atoms with Crippen molar-refractivity contribution in [3.8, 4) is 0 Å². The molecule has 1 aliphatic carbocycles. The van der Waals surface area contributed by atoms with Gasteiger partial charge < -0.3 is 20.5 Å². The first-order valence-corrected chi connectivity index (χ1v) is 10.8. The Morgan fingerprint density at radius 2 is 2.00 bits per heavy atom. The van der Waals surface area contributed by atoms with E-state index >= 15 is 0 Å². The molecule has 1 fully saturated rings. The molecule has 6 nitrogen and oxygen atoms in total. The third kappa shape index (κ3) is 6.17. The van der Waals surface area contributed by atoms with Gasteiger partial charge in [-0.3, -0.25) is 0 Å². The monoisotopic (exact) mass is 391 g/mol. The van der Waals surface area contributed by atoms with Gasteiger partial charge in [-0.25, -0.2) is 9.78 Å². The minimum atomic E-state index is -0.367. The third-order valence-corrected chi connectivity index (χ3v) is 5.79. The topological polar surface area (TPSA) is 83.5 Å². The summed E-state index contributed by atoms with van der Waals surface area (Å²) in [4.78, 5) is 16.9. The van der Waals surface area contributed by atoms with Gasteiger partial charge in [0.15, 0.2) is 0 Å². The third-order valence-electron chi connectivity index (χ3n) is 5.79. The maximum atomic E-state index is 12.3. The highest BCUT2D eigenvalue weighted by molar-refractivity contribution is 5.94. The molecule has 0 bridgehead atoms. The van der Waals surface area contributed by atoms with Crippen molar-refractivity contribution in [2.45, 2.75) is 78.3 Å². The largest absolute Gasteiger partial charge is 0.462 e. The molecule has 0 amide bonds. The number of aromatic nitrogens is 1. The van der Waals surface area contributed by atoms with Crippen LogP contribution in [-0.4, -0.2) is 47.9 Å². The molecule has 2 unspecified atom stereocenters. The predicted octanol–water partition coefficient (Wildman–Crippen LogP) is 3.60. The predicted molar refractivity (Wildman–Crippen MR) is 113 cm³/mol. The number of hydrogen-bond donors (Lipinski definition) is 3. The van der Waals surface area contributed by atoms with E-state index in [1.807, 2.05) is 19.9 Å². The molecule has 0 radical (unpaired) electrons. The number of rotatable bonds is 10. The smallest absolute Gasteiger partial charge is 0.341 e. The van der Waals surface area contributed by atoms with Crippen LogP contribution in [0.1, 0.15) is 74.0 Å². The zero-order valence-electron chi connectivity index (χ0n) is 17.9. The SMILES string of the molecule is CCOC(=O)c1cc(C)c(C)nc1NCC(CO)C(CC)NC1CCCCC1. The quantitative estimate of drug-likeness (QED) is 0.529. The van der Waals surface area contributed by atoms with Crippen LogP contribution in [0.25, 0.3) is 0 Å². The van der Waals surface area contributed by atoms with E-state index in [0.717, 1.165) is 17.7 Å². The average Bonchev–Trinajstić information content (AvgIpc) is 2.70. The Morgan fingerprint density at radius 1 is 1.29 bits per heavy atom. The molecule has 1 saturated carbocycles. The van der Waals surface area contributed by atoms with Crippen molar-refractivity contribution in [2.24, 2.45) is 5.92 Å². The zero-order chi connectivity index (χ0) is 20.5. The molecular formula is C22H37N3O3. The summed E-state index contributed by atoms with van der Waals surface area (Å²) in [6, 6.07) is 2.61. The molecule has 0 spiro atoms. The summed E-state index contributed by atoms with van der Waals surface area (Å²) < 4.78 is 5.19. The number of carbonyl (C=O) groups is 1. The summed E-state index contributed by atoms with van der Waals surface area (Å²) in [7, 11) is 0. The Morgan fingerprint density at radius 3 is 2.61 bits per heavy atom. The number of nitrogens with zero attached hydrogens (tertiary/aromatic N) is 1. The van der Waals surface area contributed by atoms with Gasteiger partial charge in [-0.05, 0) is 51.7 Å². The Hall–Kier alpha value is -1.66. The van der Waals surface area contributed by atoms with Crippen molar-refractivity contribution < 1.29 is 14.6 Å². The number of nitrogens with one attached hydrogen (secondary N) is 2. The van der Waals surface area contributed by atoms with E-state index in [0.29, 0.717) is 30.6 Å². The Labute approximate surface area is 169 Å². The number of anilines is 1. The van der Waals surface area contributed by atoms with Crippen molar-refractivity contribution in [2.75, 3.05) is 25.1 Å². The second-order valence-electron chi connectivity index (χ2n) is 7.85. The van der Waals surface area contributed by atoms with Gasteiger partial charge in [-0.2, -0.15) is 0 Å². The average molecular weight is 392 g/mol. The van der Waals surface area contributed by atoms with Crippen molar-refractivity contribution in [1.82, 2.24) is 10.3 Å². The molecule has 0 saturated heterocycles. The van der Waals surface area contributed by atoms with Crippen LogP contribution in [0.3, 0.4) is 0 Å². The summed E-state index contributed by atoms with van der Waals surface area (Å²) in [5.74, 6) is 0.214. The normalized spacial score (nSPS) is 17.2. The molecule has 0 aliphatic heterocycles. The van der Waals surface area contributed by atoms with Crippen LogP contribution < -0.4 is 10.6 Å². The van der Waals surface area contributed by atoms with E-state index in [9.17, 15) is 9.90 Å². The maximum absolute atomic E-state index is 12.3. The van der Waals surface area contributed by atoms with E-state index in [1.165, 1.54) is 32.1 Å². The van der Waals surface area contributed by atoms with Gasteiger partial charge in [0.2, 0.25) is 0 Å². The number of aliphatic hydroxyl groups is 1. The highest BCUT2D eigenvalue weighted by Crippen LogP contribution is 2.22. The van der Waals surface area contributed by atoms with Crippen molar-refractivity contribution in [3.63, 3.8) is 0 Å². The number of esters is 1. The fourth-order valence-corrected chi connectivity index (χ4v) is 3.93. The molecular weight excluding hydrogens is 354 g/mol. The second-order valence-corrected chi connectivity index (χ2v) is 7.85. The lowest BCUT2D eigenvalue weighted by Crippen LogP contribution is -2.46. The van der Waals surface area contributed by atoms with Gasteiger partial charge in [-0.1, -0.05) is 26.2 Å². The van der Waals surface area contributed by atoms with Gasteiger partial charge in [0.25, 0.3) is 0 Å². The second kappa shape index (κ2) is 11.4. The van der Waals surface area contributed by atoms with Gasteiger partial charge in [0, 0.05) is 36.8 Å². The molecule has 1 aliphatic rings. The fraction of sp³-hybridized carbons (Fsp3) is 0.727. The maximum Gasteiger partial charge on any atom is 0.341 e. The first kappa shape index (κ1) is 22.6. The molecule has 2 atom stereocenters. The molecule has 1 aromatic heterocycles. The summed E-state index contributed by atoms with van der Waals surface area (Å²) in [6.45, 7) is 8.78. The summed E-state index contributed by atoms with van der Waals surface area (Å²) in [5.41, 5.74) is 2.29. The molecule has 0 aromatic carbocycles. The molecule has 28 heavy (non-hydrogen) atoms. The number of pyridine rings is 1. The minimum absolute atomic E-state index is 0.0466. The van der Waals surface area contributed by atoms with Crippen LogP contribution in [0.5, 0.6) is 0 Å². The van der Waals surface area contributed by atoms with Gasteiger partial charge in [0.05, 0.1) is 6.61 Å². The summed E-state index contributed by atoms with van der Waals surface area (Å²) in [5, 5.41) is 17.1. The van der Waals surface area contributed by atoms with Crippen LogP contribution in [0.2, 0.25) is 0 Å². The lowest BCUT2D eigenvalue weighted by molar-refractivity contribution is 0.0527. The molecule has 6 heteroatoms. The number of hydrogen-bond acceptors (Lipinski definition) is 6. The molecule has 2 rings (SSSR count). The highest BCUT2D eigenvalue weighted by atomic mass is 16.5. The van der Waals surface area contributed by atoms with Crippen LogP contribution in [0.15, 0.2) is 6.07 Å². The number of carbonyl (C=O) groups excluding carboxylic acids is 1. The molecule has 1 heterocycles. The summed E-state index contributed by atoms with van der Waals surface area (Å²) >= 11 is 0. The molecule has 158 valence electrons. The van der Waals surface area contributed by atoms with E-state index in [-0.39, 0.29) is 24.5 Å². The van der Waals surface area contributed by atoms with E-state index in [4.69, 9.17) is 4.74 Å². The van der Waals surface area contributed by atoms with Crippen molar-refractivity contribution in [3.05, 3.63) is 22.9 Å².